The minimum absolute atomic E-state index is 0.0844. The number of pyridine rings is 1. The highest BCUT2D eigenvalue weighted by Gasteiger charge is 2.10. The number of carboxylic acid groups (broad SMARTS) is 1. The topological polar surface area (TPSA) is 78.9 Å². The molecule has 0 unspecified atom stereocenters. The summed E-state index contributed by atoms with van der Waals surface area (Å²) in [6.07, 6.45) is 1.42. The molecule has 0 amide bonds. The van der Waals surface area contributed by atoms with Gasteiger partial charge in [-0.2, -0.15) is 5.10 Å². The number of hydrogen-bond acceptors (Lipinski definition) is 3. The van der Waals surface area contributed by atoms with Gasteiger partial charge in [-0.25, -0.2) is 9.78 Å². The first-order valence-electron chi connectivity index (χ1n) is 3.41. The smallest absolute Gasteiger partial charge is 0.354 e. The molecule has 0 bridgehead atoms. The molecule has 0 saturated carbocycles. The van der Waals surface area contributed by atoms with Crippen molar-refractivity contribution in [2.45, 2.75) is 0 Å². The van der Waals surface area contributed by atoms with Crippen molar-refractivity contribution in [2.24, 2.45) is 0 Å². The van der Waals surface area contributed by atoms with Gasteiger partial charge < -0.3 is 5.11 Å². The van der Waals surface area contributed by atoms with Crippen LogP contribution in [0.5, 0.6) is 0 Å². The average Bonchev–Trinajstić information content (AvgIpc) is 2.51. The van der Waals surface area contributed by atoms with Crippen molar-refractivity contribution in [3.05, 3.63) is 23.0 Å². The predicted molar refractivity (Wildman–Crippen MR) is 45.9 cm³/mol. The van der Waals surface area contributed by atoms with Crippen LogP contribution in [0.2, 0.25) is 5.02 Å². The van der Waals surface area contributed by atoms with Crippen molar-refractivity contribution < 1.29 is 9.90 Å². The Morgan fingerprint density at radius 2 is 2.38 bits per heavy atom. The molecule has 0 saturated heterocycles. The van der Waals surface area contributed by atoms with Crippen LogP contribution in [-0.4, -0.2) is 26.3 Å². The van der Waals surface area contributed by atoms with Gasteiger partial charge in [-0.05, 0) is 6.07 Å². The first-order valence-corrected chi connectivity index (χ1v) is 3.79. The van der Waals surface area contributed by atoms with E-state index < -0.39 is 5.97 Å². The Morgan fingerprint density at radius 1 is 1.62 bits per heavy atom. The maximum atomic E-state index is 10.6. The van der Waals surface area contributed by atoms with E-state index in [4.69, 9.17) is 16.7 Å². The molecule has 0 aliphatic heterocycles. The second kappa shape index (κ2) is 2.70. The maximum Gasteiger partial charge on any atom is 0.354 e. The van der Waals surface area contributed by atoms with Crippen LogP contribution in [0.4, 0.5) is 0 Å². The zero-order chi connectivity index (χ0) is 9.42. The number of H-pyrrole nitrogens is 1. The van der Waals surface area contributed by atoms with Crippen LogP contribution >= 0.6 is 11.6 Å². The van der Waals surface area contributed by atoms with Crippen LogP contribution in [0.1, 0.15) is 10.5 Å². The number of carbonyl (C=O) groups is 1. The predicted octanol–water partition coefficient (Wildman–Crippen LogP) is 1.31. The summed E-state index contributed by atoms with van der Waals surface area (Å²) < 4.78 is 0. The Kier molecular flexibility index (Phi) is 1.66. The van der Waals surface area contributed by atoms with Crippen molar-refractivity contribution in [1.82, 2.24) is 15.2 Å². The Bertz CT molecular complexity index is 480. The zero-order valence-electron chi connectivity index (χ0n) is 6.28. The molecular weight excluding hydrogens is 194 g/mol. The summed E-state index contributed by atoms with van der Waals surface area (Å²) in [6.45, 7) is 0. The number of aromatic amines is 1. The summed E-state index contributed by atoms with van der Waals surface area (Å²) in [5.74, 6) is -1.11. The number of hydrogen-bond donors (Lipinski definition) is 2. The van der Waals surface area contributed by atoms with E-state index in [1.54, 1.807) is 0 Å². The number of nitrogens with zero attached hydrogens (tertiary/aromatic N) is 2. The van der Waals surface area contributed by atoms with Crippen molar-refractivity contribution >= 4 is 28.6 Å². The Labute approximate surface area is 77.4 Å². The number of carboxylic acids is 1. The van der Waals surface area contributed by atoms with Gasteiger partial charge in [0.25, 0.3) is 0 Å². The van der Waals surface area contributed by atoms with Gasteiger partial charge in [0.1, 0.15) is 11.0 Å². The number of nitrogens with one attached hydrogen (secondary N) is 1. The molecule has 0 fully saturated rings. The molecule has 2 aromatic heterocycles. The van der Waals surface area contributed by atoms with E-state index in [-0.39, 0.29) is 5.69 Å². The lowest BCUT2D eigenvalue weighted by Gasteiger charge is -1.95. The van der Waals surface area contributed by atoms with Gasteiger partial charge in [0.05, 0.1) is 11.2 Å². The van der Waals surface area contributed by atoms with E-state index >= 15 is 0 Å². The minimum atomic E-state index is -1.11. The summed E-state index contributed by atoms with van der Waals surface area (Å²) in [7, 11) is 0. The van der Waals surface area contributed by atoms with Gasteiger partial charge in [-0.15, -0.1) is 0 Å². The van der Waals surface area contributed by atoms with Gasteiger partial charge in [-0.3, -0.25) is 5.10 Å². The van der Waals surface area contributed by atoms with Gasteiger partial charge in [-0.1, -0.05) is 11.6 Å². The van der Waals surface area contributed by atoms with Crippen molar-refractivity contribution in [3.8, 4) is 0 Å². The molecule has 5 nitrogen and oxygen atoms in total. The highest BCUT2D eigenvalue weighted by atomic mass is 35.5. The molecule has 2 heterocycles. The fourth-order valence-electron chi connectivity index (χ4n) is 1.00. The third-order valence-electron chi connectivity index (χ3n) is 1.58. The largest absolute Gasteiger partial charge is 0.477 e. The number of halogens is 1. The van der Waals surface area contributed by atoms with Crippen molar-refractivity contribution in [3.63, 3.8) is 0 Å². The van der Waals surface area contributed by atoms with Crippen molar-refractivity contribution in [1.29, 1.82) is 0 Å². The number of aromatic carboxylic acids is 1. The fraction of sp³-hybridized carbons (Fsp3) is 0. The second-order valence-corrected chi connectivity index (χ2v) is 2.83. The van der Waals surface area contributed by atoms with Crippen LogP contribution in [0.25, 0.3) is 11.0 Å². The van der Waals surface area contributed by atoms with Crippen LogP contribution in [0.3, 0.4) is 0 Å². The molecule has 2 rings (SSSR count). The molecule has 0 aromatic carbocycles. The van der Waals surface area contributed by atoms with Crippen LogP contribution in [-0.2, 0) is 0 Å². The maximum absolute atomic E-state index is 10.6. The molecule has 0 aliphatic carbocycles. The summed E-state index contributed by atoms with van der Waals surface area (Å²) in [5, 5.41) is 15.3. The van der Waals surface area contributed by atoms with E-state index in [2.05, 4.69) is 15.2 Å². The number of fused-ring (bicyclic) bond motifs is 1. The minimum Gasteiger partial charge on any atom is -0.477 e. The molecular formula is C7H4ClN3O2. The SMILES string of the molecule is O=C(O)c1cc(Cl)c2[nH]ncc2n1. The highest BCUT2D eigenvalue weighted by Crippen LogP contribution is 2.20. The lowest BCUT2D eigenvalue weighted by molar-refractivity contribution is 0.0691. The number of aromatic nitrogens is 3. The average molecular weight is 198 g/mol. The van der Waals surface area contributed by atoms with E-state index in [9.17, 15) is 4.79 Å². The molecule has 0 atom stereocenters. The molecule has 0 radical (unpaired) electrons. The van der Waals surface area contributed by atoms with Gasteiger partial charge in [0, 0.05) is 0 Å². The lowest BCUT2D eigenvalue weighted by Crippen LogP contribution is -1.99. The lowest BCUT2D eigenvalue weighted by atomic mass is 10.3. The van der Waals surface area contributed by atoms with Crippen LogP contribution in [0.15, 0.2) is 12.3 Å². The van der Waals surface area contributed by atoms with Crippen molar-refractivity contribution in [2.75, 3.05) is 0 Å². The second-order valence-electron chi connectivity index (χ2n) is 2.42. The van der Waals surface area contributed by atoms with Gasteiger partial charge in [0.15, 0.2) is 5.69 Å². The molecule has 66 valence electrons. The Hall–Kier alpha value is -1.62. The normalized spacial score (nSPS) is 10.5. The fourth-order valence-corrected chi connectivity index (χ4v) is 1.25. The zero-order valence-corrected chi connectivity index (χ0v) is 7.04. The van der Waals surface area contributed by atoms with Crippen LogP contribution in [0, 0.1) is 0 Å². The van der Waals surface area contributed by atoms with Gasteiger partial charge >= 0.3 is 5.97 Å². The standard InChI is InChI=1S/C7H4ClN3O2/c8-3-1-4(7(12)13)10-5-2-9-11-6(3)5/h1-2H,(H,9,11)(H,12,13). The quantitative estimate of drug-likeness (QED) is 0.723. The molecule has 2 N–H and O–H groups in total. The molecule has 0 aliphatic rings. The summed E-state index contributed by atoms with van der Waals surface area (Å²) in [6, 6.07) is 1.28. The third-order valence-corrected chi connectivity index (χ3v) is 1.88. The highest BCUT2D eigenvalue weighted by molar-refractivity contribution is 6.35. The first-order chi connectivity index (χ1) is 6.18. The summed E-state index contributed by atoms with van der Waals surface area (Å²) >= 11 is 5.77. The third kappa shape index (κ3) is 1.23. The van der Waals surface area contributed by atoms with Crippen LogP contribution < -0.4 is 0 Å². The summed E-state index contributed by atoms with van der Waals surface area (Å²) in [4.78, 5) is 14.4. The van der Waals surface area contributed by atoms with Gasteiger partial charge in [0.2, 0.25) is 0 Å². The first kappa shape index (κ1) is 8.00. The monoisotopic (exact) mass is 197 g/mol. The Balaban J connectivity index is 2.77. The van der Waals surface area contributed by atoms with E-state index in [1.165, 1.54) is 12.3 Å². The molecule has 0 spiro atoms. The molecule has 2 aromatic rings. The number of rotatable bonds is 1. The van der Waals surface area contributed by atoms with E-state index in [0.717, 1.165) is 0 Å². The van der Waals surface area contributed by atoms with E-state index in [1.807, 2.05) is 0 Å². The summed E-state index contributed by atoms with van der Waals surface area (Å²) in [5.41, 5.74) is 0.912. The molecule has 6 heteroatoms. The Morgan fingerprint density at radius 3 is 3.08 bits per heavy atom. The van der Waals surface area contributed by atoms with E-state index in [0.29, 0.717) is 16.1 Å². The molecule has 13 heavy (non-hydrogen) atoms.